The van der Waals surface area contributed by atoms with Crippen LogP contribution in [0.25, 0.3) is 5.69 Å². The molecule has 1 spiro atoms. The molecule has 3 heterocycles. The van der Waals surface area contributed by atoms with Crippen molar-refractivity contribution >= 4 is 11.8 Å². The fourth-order valence-corrected chi connectivity index (χ4v) is 5.49. The van der Waals surface area contributed by atoms with E-state index in [9.17, 15) is 14.0 Å². The zero-order valence-electron chi connectivity index (χ0n) is 21.2. The predicted molar refractivity (Wildman–Crippen MR) is 139 cm³/mol. The number of likely N-dealkylation sites (tertiary alicyclic amines) is 1. The predicted octanol–water partition coefficient (Wildman–Crippen LogP) is 2.89. The molecule has 0 radical (unpaired) electrons. The third kappa shape index (κ3) is 5.21. The van der Waals surface area contributed by atoms with Crippen molar-refractivity contribution in [3.63, 3.8) is 0 Å². The van der Waals surface area contributed by atoms with Crippen molar-refractivity contribution in [3.8, 4) is 5.69 Å². The van der Waals surface area contributed by atoms with E-state index in [1.54, 1.807) is 23.0 Å². The minimum atomic E-state index is -0.583. The Bertz CT molecular complexity index is 1270. The van der Waals surface area contributed by atoms with Crippen LogP contribution >= 0.6 is 0 Å². The molecule has 6 rings (SSSR count). The van der Waals surface area contributed by atoms with Crippen LogP contribution in [0, 0.1) is 11.2 Å². The zero-order chi connectivity index (χ0) is 26.1. The average Bonchev–Trinajstić information content (AvgIpc) is 3.43. The number of ether oxygens (including phenoxy) is 1. The highest BCUT2D eigenvalue weighted by Crippen LogP contribution is 2.41. The Morgan fingerprint density at radius 2 is 1.87 bits per heavy atom. The number of nitrogens with one attached hydrogen (secondary N) is 2. The Morgan fingerprint density at radius 1 is 1.11 bits per heavy atom. The molecule has 3 fully saturated rings. The van der Waals surface area contributed by atoms with E-state index < -0.39 is 6.04 Å². The molecule has 1 aliphatic carbocycles. The maximum absolute atomic E-state index is 13.3. The van der Waals surface area contributed by atoms with Crippen LogP contribution in [0.3, 0.4) is 0 Å². The van der Waals surface area contributed by atoms with Gasteiger partial charge in [0.25, 0.3) is 5.91 Å². The van der Waals surface area contributed by atoms with Crippen molar-refractivity contribution in [1.29, 1.82) is 0 Å². The molecule has 9 heteroatoms. The third-order valence-electron chi connectivity index (χ3n) is 7.85. The van der Waals surface area contributed by atoms with Gasteiger partial charge < -0.3 is 20.3 Å². The molecule has 2 saturated heterocycles. The number of hydrogen-bond donors (Lipinski definition) is 2. The first kappa shape index (κ1) is 24.8. The van der Waals surface area contributed by atoms with Gasteiger partial charge in [-0.25, -0.2) is 9.07 Å². The van der Waals surface area contributed by atoms with E-state index in [1.807, 2.05) is 41.4 Å². The molecule has 2 aliphatic heterocycles. The molecule has 3 aliphatic rings. The number of halogens is 1. The molecule has 1 aromatic heterocycles. The molecule has 2 N–H and O–H groups in total. The van der Waals surface area contributed by atoms with E-state index in [4.69, 9.17) is 4.74 Å². The molecular weight excluding hydrogens is 485 g/mol. The number of hydrogen-bond acceptors (Lipinski definition) is 5. The SMILES string of the molecule is O=C(N[C@@H](CCCN[C@@H]1C[C@H]1c1ccc(F)cc1)C(=O)N1CC2(COC2)C1)c1ccc(-n2cccn2)cc1. The van der Waals surface area contributed by atoms with Crippen LogP contribution in [0.5, 0.6) is 0 Å². The maximum atomic E-state index is 13.3. The van der Waals surface area contributed by atoms with Gasteiger partial charge in [0.2, 0.25) is 5.91 Å². The van der Waals surface area contributed by atoms with Crippen LogP contribution in [0.2, 0.25) is 0 Å². The van der Waals surface area contributed by atoms with Crippen molar-refractivity contribution < 1.29 is 18.7 Å². The van der Waals surface area contributed by atoms with E-state index in [1.165, 1.54) is 12.1 Å². The van der Waals surface area contributed by atoms with E-state index in [0.717, 1.165) is 30.6 Å². The second-order valence-corrected chi connectivity index (χ2v) is 10.8. The first-order valence-corrected chi connectivity index (χ1v) is 13.3. The number of carbonyl (C=O) groups excluding carboxylic acids is 2. The van der Waals surface area contributed by atoms with Crippen molar-refractivity contribution in [2.45, 2.75) is 37.3 Å². The molecule has 3 aromatic rings. The monoisotopic (exact) mass is 517 g/mol. The van der Waals surface area contributed by atoms with Crippen LogP contribution in [0.1, 0.15) is 41.1 Å². The molecule has 3 atom stereocenters. The van der Waals surface area contributed by atoms with Crippen molar-refractivity contribution in [2.24, 2.45) is 5.41 Å². The summed E-state index contributed by atoms with van der Waals surface area (Å²) in [6, 6.07) is 15.5. The van der Waals surface area contributed by atoms with Gasteiger partial charge in [0.1, 0.15) is 11.9 Å². The van der Waals surface area contributed by atoms with Gasteiger partial charge in [0.15, 0.2) is 0 Å². The summed E-state index contributed by atoms with van der Waals surface area (Å²) in [5.41, 5.74) is 2.63. The van der Waals surface area contributed by atoms with Gasteiger partial charge in [0, 0.05) is 43.0 Å². The number of aromatic nitrogens is 2. The molecule has 2 amide bonds. The largest absolute Gasteiger partial charge is 0.380 e. The summed E-state index contributed by atoms with van der Waals surface area (Å²) in [6.45, 7) is 3.54. The Balaban J connectivity index is 1.04. The van der Waals surface area contributed by atoms with Crippen molar-refractivity contribution in [2.75, 3.05) is 32.8 Å². The Morgan fingerprint density at radius 3 is 2.53 bits per heavy atom. The van der Waals surface area contributed by atoms with Crippen LogP contribution in [0.4, 0.5) is 4.39 Å². The van der Waals surface area contributed by atoms with Gasteiger partial charge in [-0.15, -0.1) is 0 Å². The summed E-state index contributed by atoms with van der Waals surface area (Å²) < 4.78 is 20.3. The number of carbonyl (C=O) groups is 2. The molecule has 38 heavy (non-hydrogen) atoms. The lowest BCUT2D eigenvalue weighted by Crippen LogP contribution is -2.69. The molecule has 2 aromatic carbocycles. The van der Waals surface area contributed by atoms with Crippen LogP contribution in [-0.2, 0) is 9.53 Å². The normalized spacial score (nSPS) is 21.9. The highest BCUT2D eigenvalue weighted by atomic mass is 19.1. The lowest BCUT2D eigenvalue weighted by atomic mass is 9.77. The fourth-order valence-electron chi connectivity index (χ4n) is 5.49. The quantitative estimate of drug-likeness (QED) is 0.404. The zero-order valence-corrected chi connectivity index (χ0v) is 21.2. The molecule has 198 valence electrons. The first-order valence-electron chi connectivity index (χ1n) is 13.3. The summed E-state index contributed by atoms with van der Waals surface area (Å²) in [7, 11) is 0. The van der Waals surface area contributed by atoms with Crippen LogP contribution in [0.15, 0.2) is 67.0 Å². The average molecular weight is 518 g/mol. The van der Waals surface area contributed by atoms with Gasteiger partial charge in [-0.05, 0) is 73.8 Å². The minimum absolute atomic E-state index is 0.0281. The topological polar surface area (TPSA) is 88.5 Å². The molecule has 8 nitrogen and oxygen atoms in total. The lowest BCUT2D eigenvalue weighted by molar-refractivity contribution is -0.196. The fraction of sp³-hybridized carbons (Fsp3) is 0.414. The highest BCUT2D eigenvalue weighted by Gasteiger charge is 2.51. The standard InChI is InChI=1S/C29H32FN5O3/c30-22-8-4-20(5-9-22)24-15-26(24)31-12-1-3-25(28(37)34-16-29(17-34)18-38-19-29)33-27(36)21-6-10-23(11-7-21)35-14-2-13-32-35/h2,4-11,13-14,24-26,31H,1,3,12,15-19H2,(H,33,36)/t24-,25-,26+/m0/s1. The number of benzene rings is 2. The molecule has 0 bridgehead atoms. The van der Waals surface area contributed by atoms with Gasteiger partial charge >= 0.3 is 0 Å². The summed E-state index contributed by atoms with van der Waals surface area (Å²) in [4.78, 5) is 28.3. The molecular formula is C29H32FN5O3. The van der Waals surface area contributed by atoms with E-state index in [-0.39, 0.29) is 23.0 Å². The second-order valence-electron chi connectivity index (χ2n) is 10.8. The number of rotatable bonds is 10. The Kier molecular flexibility index (Phi) is 6.71. The van der Waals surface area contributed by atoms with Gasteiger partial charge in [-0.2, -0.15) is 5.10 Å². The number of nitrogens with zero attached hydrogens (tertiary/aromatic N) is 3. The van der Waals surface area contributed by atoms with Crippen LogP contribution in [-0.4, -0.2) is 71.4 Å². The summed E-state index contributed by atoms with van der Waals surface area (Å²) >= 11 is 0. The van der Waals surface area contributed by atoms with Crippen LogP contribution < -0.4 is 10.6 Å². The van der Waals surface area contributed by atoms with Crippen molar-refractivity contribution in [1.82, 2.24) is 25.3 Å². The Labute approximate surface area is 221 Å². The lowest BCUT2D eigenvalue weighted by Gasteiger charge is -2.55. The van der Waals surface area contributed by atoms with Gasteiger partial charge in [-0.3, -0.25) is 9.59 Å². The van der Waals surface area contributed by atoms with Gasteiger partial charge in [0.05, 0.1) is 24.3 Å². The molecule has 0 unspecified atom stereocenters. The minimum Gasteiger partial charge on any atom is -0.380 e. The summed E-state index contributed by atoms with van der Waals surface area (Å²) in [5, 5.41) is 10.8. The van der Waals surface area contributed by atoms with E-state index in [0.29, 0.717) is 50.2 Å². The van der Waals surface area contributed by atoms with E-state index in [2.05, 4.69) is 15.7 Å². The third-order valence-corrected chi connectivity index (χ3v) is 7.85. The summed E-state index contributed by atoms with van der Waals surface area (Å²) in [5.74, 6) is -0.105. The van der Waals surface area contributed by atoms with Gasteiger partial charge in [-0.1, -0.05) is 12.1 Å². The van der Waals surface area contributed by atoms with Crippen molar-refractivity contribution in [3.05, 3.63) is 83.9 Å². The Hall–Kier alpha value is -3.56. The summed E-state index contributed by atoms with van der Waals surface area (Å²) in [6.07, 6.45) is 5.87. The first-order chi connectivity index (χ1) is 18.5. The molecule has 1 saturated carbocycles. The maximum Gasteiger partial charge on any atom is 0.251 e. The smallest absolute Gasteiger partial charge is 0.251 e. The highest BCUT2D eigenvalue weighted by molar-refractivity contribution is 5.97. The number of amides is 2. The van der Waals surface area contributed by atoms with E-state index >= 15 is 0 Å². The second kappa shape index (κ2) is 10.3.